The Morgan fingerprint density at radius 2 is 2.12 bits per heavy atom. The summed E-state index contributed by atoms with van der Waals surface area (Å²) in [7, 11) is 1.78. The molecule has 4 nitrogen and oxygen atoms in total. The van der Waals surface area contributed by atoms with Gasteiger partial charge in [-0.15, -0.1) is 0 Å². The summed E-state index contributed by atoms with van der Waals surface area (Å²) in [5.41, 5.74) is 0.0801. The average molecular weight is 225 g/mol. The molecule has 1 N–H and O–H groups in total. The minimum Gasteiger partial charge on any atom is -0.314 e. The van der Waals surface area contributed by atoms with Crippen LogP contribution in [0.15, 0.2) is 17.2 Å². The molecule has 4 heteroatoms. The molecule has 0 amide bonds. The van der Waals surface area contributed by atoms with Crippen LogP contribution in [-0.4, -0.2) is 21.7 Å². The van der Waals surface area contributed by atoms with Crippen LogP contribution >= 0.6 is 0 Å². The third kappa shape index (κ3) is 3.52. The zero-order chi connectivity index (χ0) is 12.0. The molecular weight excluding hydrogens is 202 g/mol. The van der Waals surface area contributed by atoms with Crippen LogP contribution < -0.4 is 11.0 Å². The lowest BCUT2D eigenvalue weighted by Gasteiger charge is -2.15. The monoisotopic (exact) mass is 225 g/mol. The van der Waals surface area contributed by atoms with Crippen LogP contribution in [0.2, 0.25) is 0 Å². The first-order chi connectivity index (χ1) is 7.69. The maximum absolute atomic E-state index is 11.5. The van der Waals surface area contributed by atoms with Gasteiger partial charge in [0.15, 0.2) is 0 Å². The molecule has 0 fully saturated rings. The van der Waals surface area contributed by atoms with E-state index in [1.165, 1.54) is 0 Å². The first-order valence-electron chi connectivity index (χ1n) is 6.14. The fourth-order valence-electron chi connectivity index (χ4n) is 1.93. The molecule has 1 heterocycles. The molecule has 0 saturated heterocycles. The van der Waals surface area contributed by atoms with Crippen LogP contribution in [0.1, 0.15) is 33.1 Å². The highest BCUT2D eigenvalue weighted by atomic mass is 16.1. The van der Waals surface area contributed by atoms with Gasteiger partial charge in [-0.05, 0) is 25.8 Å². The Hall–Kier alpha value is -1.03. The van der Waals surface area contributed by atoms with Gasteiger partial charge < -0.3 is 9.88 Å². The maximum Gasteiger partial charge on any atom is 0.327 e. The summed E-state index contributed by atoms with van der Waals surface area (Å²) >= 11 is 0. The SMILES string of the molecule is CCNC(CC)CCCn1ccn(C)c1=O. The van der Waals surface area contributed by atoms with E-state index in [-0.39, 0.29) is 5.69 Å². The Morgan fingerprint density at radius 1 is 1.38 bits per heavy atom. The second-order valence-corrected chi connectivity index (χ2v) is 4.19. The van der Waals surface area contributed by atoms with E-state index in [1.807, 2.05) is 12.4 Å². The molecule has 0 spiro atoms. The van der Waals surface area contributed by atoms with Crippen molar-refractivity contribution in [3.8, 4) is 0 Å². The van der Waals surface area contributed by atoms with Crippen LogP contribution in [0.3, 0.4) is 0 Å². The highest BCUT2D eigenvalue weighted by molar-refractivity contribution is 4.79. The van der Waals surface area contributed by atoms with E-state index in [4.69, 9.17) is 0 Å². The summed E-state index contributed by atoms with van der Waals surface area (Å²) in [5, 5.41) is 3.45. The summed E-state index contributed by atoms with van der Waals surface area (Å²) in [6.07, 6.45) is 7.00. The molecule has 1 atom stereocenters. The molecule has 0 bridgehead atoms. The number of nitrogens with zero attached hydrogens (tertiary/aromatic N) is 2. The van der Waals surface area contributed by atoms with Gasteiger partial charge >= 0.3 is 5.69 Å². The lowest BCUT2D eigenvalue weighted by molar-refractivity contribution is 0.445. The molecule has 1 aromatic heterocycles. The third-order valence-electron chi connectivity index (χ3n) is 2.95. The van der Waals surface area contributed by atoms with Crippen LogP contribution in [0, 0.1) is 0 Å². The lowest BCUT2D eigenvalue weighted by Crippen LogP contribution is -2.29. The Bertz CT molecular complexity index is 353. The number of hydrogen-bond donors (Lipinski definition) is 1. The quantitative estimate of drug-likeness (QED) is 0.761. The van der Waals surface area contributed by atoms with Gasteiger partial charge in [-0.1, -0.05) is 13.8 Å². The van der Waals surface area contributed by atoms with Crippen molar-refractivity contribution in [2.45, 2.75) is 45.7 Å². The zero-order valence-electron chi connectivity index (χ0n) is 10.6. The highest BCUT2D eigenvalue weighted by Gasteiger charge is 2.05. The molecule has 0 aliphatic carbocycles. The van der Waals surface area contributed by atoms with E-state index >= 15 is 0 Å². The highest BCUT2D eigenvalue weighted by Crippen LogP contribution is 2.02. The van der Waals surface area contributed by atoms with Gasteiger partial charge in [-0.25, -0.2) is 4.79 Å². The number of nitrogens with one attached hydrogen (secondary N) is 1. The third-order valence-corrected chi connectivity index (χ3v) is 2.95. The largest absolute Gasteiger partial charge is 0.327 e. The number of imidazole rings is 1. The molecule has 16 heavy (non-hydrogen) atoms. The van der Waals surface area contributed by atoms with E-state index in [2.05, 4.69) is 19.2 Å². The molecular formula is C12H23N3O. The van der Waals surface area contributed by atoms with Gasteiger partial charge in [0.25, 0.3) is 0 Å². The van der Waals surface area contributed by atoms with Crippen molar-refractivity contribution in [2.24, 2.45) is 7.05 Å². The lowest BCUT2D eigenvalue weighted by atomic mass is 10.1. The second kappa shape index (κ2) is 6.53. The molecule has 1 rings (SSSR count). The Kier molecular flexibility index (Phi) is 5.32. The molecule has 92 valence electrons. The molecule has 0 aromatic carbocycles. The van der Waals surface area contributed by atoms with Crippen molar-refractivity contribution >= 4 is 0 Å². The van der Waals surface area contributed by atoms with Crippen molar-refractivity contribution in [1.29, 1.82) is 0 Å². The first-order valence-corrected chi connectivity index (χ1v) is 6.14. The molecule has 0 aliphatic heterocycles. The molecule has 0 radical (unpaired) electrons. The summed E-state index contributed by atoms with van der Waals surface area (Å²) in [5.74, 6) is 0. The van der Waals surface area contributed by atoms with E-state index in [0.717, 1.165) is 32.4 Å². The van der Waals surface area contributed by atoms with Crippen LogP contribution in [0.25, 0.3) is 0 Å². The molecule has 0 aliphatic rings. The standard InChI is InChI=1S/C12H23N3O/c1-4-11(13-5-2)7-6-8-15-10-9-14(3)12(15)16/h9-11,13H,4-8H2,1-3H3. The topological polar surface area (TPSA) is 39.0 Å². The maximum atomic E-state index is 11.5. The number of aromatic nitrogens is 2. The van der Waals surface area contributed by atoms with Crippen molar-refractivity contribution in [2.75, 3.05) is 6.54 Å². The molecule has 1 unspecified atom stereocenters. The summed E-state index contributed by atoms with van der Waals surface area (Å²) in [6, 6.07) is 0.587. The average Bonchev–Trinajstić information content (AvgIpc) is 2.59. The van der Waals surface area contributed by atoms with E-state index in [1.54, 1.807) is 16.2 Å². The Labute approximate surface area is 97.3 Å². The van der Waals surface area contributed by atoms with E-state index < -0.39 is 0 Å². The Balaban J connectivity index is 2.35. The number of rotatable bonds is 7. The van der Waals surface area contributed by atoms with Gasteiger partial charge in [0.2, 0.25) is 0 Å². The van der Waals surface area contributed by atoms with Gasteiger partial charge in [-0.3, -0.25) is 4.57 Å². The van der Waals surface area contributed by atoms with Crippen molar-refractivity contribution in [3.05, 3.63) is 22.9 Å². The fourth-order valence-corrected chi connectivity index (χ4v) is 1.93. The van der Waals surface area contributed by atoms with E-state index in [0.29, 0.717) is 6.04 Å². The van der Waals surface area contributed by atoms with Gasteiger partial charge in [0.05, 0.1) is 0 Å². The normalized spacial score (nSPS) is 12.9. The summed E-state index contributed by atoms with van der Waals surface area (Å²) in [4.78, 5) is 11.5. The zero-order valence-corrected chi connectivity index (χ0v) is 10.6. The smallest absolute Gasteiger partial charge is 0.314 e. The molecule has 0 saturated carbocycles. The van der Waals surface area contributed by atoms with Crippen molar-refractivity contribution < 1.29 is 0 Å². The minimum atomic E-state index is 0.0801. The van der Waals surface area contributed by atoms with Gasteiger partial charge in [0, 0.05) is 32.0 Å². The van der Waals surface area contributed by atoms with Gasteiger partial charge in [-0.2, -0.15) is 0 Å². The van der Waals surface area contributed by atoms with Crippen LogP contribution in [0.4, 0.5) is 0 Å². The van der Waals surface area contributed by atoms with Crippen LogP contribution in [0.5, 0.6) is 0 Å². The van der Waals surface area contributed by atoms with E-state index in [9.17, 15) is 4.79 Å². The van der Waals surface area contributed by atoms with Crippen molar-refractivity contribution in [3.63, 3.8) is 0 Å². The predicted molar refractivity (Wildman–Crippen MR) is 66.7 cm³/mol. The summed E-state index contributed by atoms with van der Waals surface area (Å²) < 4.78 is 3.39. The van der Waals surface area contributed by atoms with Crippen LogP contribution in [-0.2, 0) is 13.6 Å². The second-order valence-electron chi connectivity index (χ2n) is 4.19. The number of aryl methyl sites for hydroxylation is 2. The predicted octanol–water partition coefficient (Wildman–Crippen LogP) is 1.36. The summed E-state index contributed by atoms with van der Waals surface area (Å²) in [6.45, 7) is 6.16. The minimum absolute atomic E-state index is 0.0801. The van der Waals surface area contributed by atoms with Crippen molar-refractivity contribution in [1.82, 2.24) is 14.5 Å². The number of hydrogen-bond acceptors (Lipinski definition) is 2. The Morgan fingerprint density at radius 3 is 2.62 bits per heavy atom. The fraction of sp³-hybridized carbons (Fsp3) is 0.750. The molecule has 1 aromatic rings. The first kappa shape index (κ1) is 13.0. The van der Waals surface area contributed by atoms with Gasteiger partial charge in [0.1, 0.15) is 0 Å².